The molecule has 0 bridgehead atoms. The Labute approximate surface area is 88.9 Å². The third kappa shape index (κ3) is 1.26. The highest BCUT2D eigenvalue weighted by Gasteiger charge is 2.32. The molecule has 78 valence electrons. The summed E-state index contributed by atoms with van der Waals surface area (Å²) in [5.41, 5.74) is 3.73. The lowest BCUT2D eigenvalue weighted by molar-refractivity contribution is 0.495. The third-order valence-corrected chi connectivity index (χ3v) is 3.70. The first kappa shape index (κ1) is 8.89. The molecule has 1 N–H and O–H groups in total. The van der Waals surface area contributed by atoms with Gasteiger partial charge in [0, 0.05) is 0 Å². The maximum absolute atomic E-state index is 4.27. The molecular formula is C12H15N3. The van der Waals surface area contributed by atoms with E-state index in [0.717, 1.165) is 11.0 Å². The van der Waals surface area contributed by atoms with E-state index >= 15 is 0 Å². The van der Waals surface area contributed by atoms with E-state index in [9.17, 15) is 0 Å². The fourth-order valence-corrected chi connectivity index (χ4v) is 2.78. The summed E-state index contributed by atoms with van der Waals surface area (Å²) in [7, 11) is 0. The van der Waals surface area contributed by atoms with Crippen LogP contribution in [-0.4, -0.2) is 15.4 Å². The summed E-state index contributed by atoms with van der Waals surface area (Å²) >= 11 is 0. The second kappa shape index (κ2) is 3.05. The first-order valence-electron chi connectivity index (χ1n) is 5.60. The second-order valence-corrected chi connectivity index (χ2v) is 4.76. The molecule has 0 saturated heterocycles. The Bertz CT molecular complexity index is 480. The lowest BCUT2D eigenvalue weighted by atomic mass is 9.80. The molecule has 0 atom stereocenters. The number of aromatic amines is 1. The van der Waals surface area contributed by atoms with Crippen molar-refractivity contribution in [3.8, 4) is 0 Å². The maximum Gasteiger partial charge on any atom is 0.116 e. The number of fused-ring (bicyclic) bond motifs is 1. The molecular weight excluding hydrogens is 186 g/mol. The van der Waals surface area contributed by atoms with Crippen LogP contribution in [0.15, 0.2) is 18.2 Å². The van der Waals surface area contributed by atoms with Crippen LogP contribution in [0.3, 0.4) is 0 Å². The fourth-order valence-electron chi connectivity index (χ4n) is 2.78. The average Bonchev–Trinajstić information content (AvgIpc) is 2.85. The molecule has 2 aromatic rings. The average molecular weight is 201 g/mol. The molecule has 1 saturated carbocycles. The first-order valence-corrected chi connectivity index (χ1v) is 5.60. The Morgan fingerprint density at radius 2 is 2.00 bits per heavy atom. The molecule has 0 radical (unpaired) electrons. The molecule has 1 aliphatic rings. The van der Waals surface area contributed by atoms with Crippen molar-refractivity contribution in [3.05, 3.63) is 23.8 Å². The zero-order chi connectivity index (χ0) is 10.3. The van der Waals surface area contributed by atoms with Crippen molar-refractivity contribution in [2.45, 2.75) is 38.0 Å². The molecule has 1 aromatic carbocycles. The highest BCUT2D eigenvalue weighted by Crippen LogP contribution is 2.42. The molecule has 1 heterocycles. The first-order chi connectivity index (χ1) is 7.30. The van der Waals surface area contributed by atoms with Gasteiger partial charge < -0.3 is 0 Å². The lowest BCUT2D eigenvalue weighted by Gasteiger charge is -2.23. The summed E-state index contributed by atoms with van der Waals surface area (Å²) in [5, 5.41) is 11.1. The van der Waals surface area contributed by atoms with Gasteiger partial charge in [0.15, 0.2) is 0 Å². The Kier molecular flexibility index (Phi) is 1.81. The monoisotopic (exact) mass is 201 g/mol. The van der Waals surface area contributed by atoms with E-state index in [-0.39, 0.29) is 0 Å². The van der Waals surface area contributed by atoms with Gasteiger partial charge in [-0.3, -0.25) is 0 Å². The largest absolute Gasteiger partial charge is 0.197 e. The van der Waals surface area contributed by atoms with Gasteiger partial charge in [0.2, 0.25) is 0 Å². The van der Waals surface area contributed by atoms with E-state index in [4.69, 9.17) is 0 Å². The molecule has 1 fully saturated rings. The Hall–Kier alpha value is -1.38. The highest BCUT2D eigenvalue weighted by atomic mass is 15.3. The summed E-state index contributed by atoms with van der Waals surface area (Å²) in [5.74, 6) is 0. The third-order valence-electron chi connectivity index (χ3n) is 3.70. The van der Waals surface area contributed by atoms with E-state index in [1.807, 2.05) is 6.07 Å². The number of hydrogen-bond acceptors (Lipinski definition) is 2. The minimum Gasteiger partial charge on any atom is -0.197 e. The number of rotatable bonds is 1. The van der Waals surface area contributed by atoms with Gasteiger partial charge in [-0.15, -0.1) is 0 Å². The Balaban J connectivity index is 2.21. The van der Waals surface area contributed by atoms with Gasteiger partial charge >= 0.3 is 0 Å². The Morgan fingerprint density at radius 1 is 1.20 bits per heavy atom. The van der Waals surface area contributed by atoms with Crippen LogP contribution in [0.25, 0.3) is 11.0 Å². The number of nitrogens with one attached hydrogen (secondary N) is 1. The smallest absolute Gasteiger partial charge is 0.116 e. The molecule has 0 unspecified atom stereocenters. The van der Waals surface area contributed by atoms with Crippen molar-refractivity contribution in [2.75, 3.05) is 0 Å². The van der Waals surface area contributed by atoms with Crippen LogP contribution >= 0.6 is 0 Å². The zero-order valence-electron chi connectivity index (χ0n) is 8.95. The van der Waals surface area contributed by atoms with E-state index in [1.165, 1.54) is 31.2 Å². The van der Waals surface area contributed by atoms with Crippen molar-refractivity contribution >= 4 is 11.0 Å². The van der Waals surface area contributed by atoms with Crippen LogP contribution in [0.2, 0.25) is 0 Å². The molecule has 15 heavy (non-hydrogen) atoms. The normalized spacial score (nSPS) is 19.8. The van der Waals surface area contributed by atoms with Gasteiger partial charge in [0.05, 0.1) is 0 Å². The van der Waals surface area contributed by atoms with E-state index in [0.29, 0.717) is 5.41 Å². The van der Waals surface area contributed by atoms with Gasteiger partial charge in [0.25, 0.3) is 0 Å². The molecule has 1 aromatic heterocycles. The van der Waals surface area contributed by atoms with E-state index in [1.54, 1.807) is 0 Å². The Morgan fingerprint density at radius 3 is 2.80 bits per heavy atom. The standard InChI is InChI=1S/C12H15N3/c1-12(7-2-3-8-12)9-5-4-6-10-11(9)14-15-13-10/h4-6H,2-3,7-8H2,1H3,(H,13,14,15). The molecule has 3 nitrogen and oxygen atoms in total. The van der Waals surface area contributed by atoms with Crippen molar-refractivity contribution in [3.63, 3.8) is 0 Å². The SMILES string of the molecule is CC1(c2cccc3n[nH]nc23)CCCC1. The molecule has 0 aliphatic heterocycles. The van der Waals surface area contributed by atoms with Gasteiger partial charge in [-0.05, 0) is 29.9 Å². The van der Waals surface area contributed by atoms with Crippen LogP contribution < -0.4 is 0 Å². The van der Waals surface area contributed by atoms with Crippen molar-refractivity contribution in [2.24, 2.45) is 0 Å². The number of para-hydroxylation sites is 1. The summed E-state index contributed by atoms with van der Waals surface area (Å²) in [6, 6.07) is 6.31. The summed E-state index contributed by atoms with van der Waals surface area (Å²) in [6.45, 7) is 2.35. The van der Waals surface area contributed by atoms with Crippen LogP contribution in [0, 0.1) is 0 Å². The summed E-state index contributed by atoms with van der Waals surface area (Å²) < 4.78 is 0. The number of aromatic nitrogens is 3. The number of H-pyrrole nitrogens is 1. The topological polar surface area (TPSA) is 41.6 Å². The van der Waals surface area contributed by atoms with Crippen molar-refractivity contribution in [1.29, 1.82) is 0 Å². The van der Waals surface area contributed by atoms with Crippen LogP contribution in [0.4, 0.5) is 0 Å². The number of benzene rings is 1. The molecule has 0 spiro atoms. The molecule has 0 amide bonds. The van der Waals surface area contributed by atoms with Gasteiger partial charge in [0.1, 0.15) is 11.0 Å². The minimum atomic E-state index is 0.316. The zero-order valence-corrected chi connectivity index (χ0v) is 8.95. The van der Waals surface area contributed by atoms with E-state index in [2.05, 4.69) is 34.5 Å². The predicted molar refractivity (Wildman–Crippen MR) is 59.7 cm³/mol. The number of hydrogen-bond donors (Lipinski definition) is 1. The number of nitrogens with zero attached hydrogens (tertiary/aromatic N) is 2. The van der Waals surface area contributed by atoms with Gasteiger partial charge in [-0.2, -0.15) is 15.4 Å². The second-order valence-electron chi connectivity index (χ2n) is 4.76. The minimum absolute atomic E-state index is 0.316. The van der Waals surface area contributed by atoms with Crippen molar-refractivity contribution < 1.29 is 0 Å². The summed E-state index contributed by atoms with van der Waals surface area (Å²) in [4.78, 5) is 0. The maximum atomic E-state index is 4.27. The highest BCUT2D eigenvalue weighted by molar-refractivity contribution is 5.78. The molecule has 1 aliphatic carbocycles. The van der Waals surface area contributed by atoms with Crippen LogP contribution in [-0.2, 0) is 5.41 Å². The van der Waals surface area contributed by atoms with Crippen LogP contribution in [0.1, 0.15) is 38.2 Å². The molecule has 3 heteroatoms. The summed E-state index contributed by atoms with van der Waals surface area (Å²) in [6.07, 6.45) is 5.23. The van der Waals surface area contributed by atoms with E-state index < -0.39 is 0 Å². The van der Waals surface area contributed by atoms with Crippen LogP contribution in [0.5, 0.6) is 0 Å². The molecule has 3 rings (SSSR count). The fraction of sp³-hybridized carbons (Fsp3) is 0.500. The van der Waals surface area contributed by atoms with Gasteiger partial charge in [-0.1, -0.05) is 31.9 Å². The lowest BCUT2D eigenvalue weighted by Crippen LogP contribution is -2.17. The van der Waals surface area contributed by atoms with Gasteiger partial charge in [-0.25, -0.2) is 0 Å². The quantitative estimate of drug-likeness (QED) is 0.770. The predicted octanol–water partition coefficient (Wildman–Crippen LogP) is 2.79. The van der Waals surface area contributed by atoms with Crippen molar-refractivity contribution in [1.82, 2.24) is 15.4 Å².